The number of esters is 2. The molecule has 0 aliphatic heterocycles. The third-order valence-electron chi connectivity index (χ3n) is 8.60. The lowest BCUT2D eigenvalue weighted by molar-refractivity contribution is -0.873. The Morgan fingerprint density at radius 3 is 1.38 bits per heavy atom. The minimum Gasteiger partial charge on any atom is -0.756 e. The second-order valence-corrected chi connectivity index (χ2v) is 16.1. The Kier molecular flexibility index (Phi) is 30.2. The number of hydrogen-bond acceptors (Lipinski definition) is 8. The molecule has 9 nitrogen and oxygen atoms in total. The fourth-order valence-electron chi connectivity index (χ4n) is 5.72. The Balaban J connectivity index is 4.62. The largest absolute Gasteiger partial charge is 0.756 e. The number of likely N-dealkylation sites (N-methyl/N-ethyl adjacent to an activating group) is 1. The molecule has 286 valence electrons. The van der Waals surface area contributed by atoms with Gasteiger partial charge in [0.05, 0.1) is 27.7 Å². The molecule has 0 spiro atoms. The molecule has 2 unspecified atom stereocenters. The van der Waals surface area contributed by atoms with Crippen LogP contribution >= 0.6 is 7.82 Å². The van der Waals surface area contributed by atoms with E-state index in [0.29, 0.717) is 23.9 Å². The van der Waals surface area contributed by atoms with E-state index in [1.165, 1.54) is 103 Å². The summed E-state index contributed by atoms with van der Waals surface area (Å²) >= 11 is 0. The molecule has 10 heteroatoms. The van der Waals surface area contributed by atoms with Crippen molar-refractivity contribution >= 4 is 19.8 Å². The molecule has 0 aromatic carbocycles. The van der Waals surface area contributed by atoms with E-state index in [2.05, 4.69) is 13.8 Å². The van der Waals surface area contributed by atoms with Gasteiger partial charge in [-0.3, -0.25) is 14.2 Å². The van der Waals surface area contributed by atoms with Gasteiger partial charge >= 0.3 is 11.9 Å². The molecule has 3 atom stereocenters. The van der Waals surface area contributed by atoms with Crippen LogP contribution in [0.15, 0.2) is 0 Å². The molecule has 0 aromatic rings. The van der Waals surface area contributed by atoms with E-state index in [-0.39, 0.29) is 25.4 Å². The maximum Gasteiger partial charge on any atom is 0.306 e. The first-order valence-corrected chi connectivity index (χ1v) is 21.2. The standard InChI is InChI=1S/C38H76NO8P/c1-7-10-12-14-16-18-20-22-24-26-28-30-37(40)44-33-36(34-45-48(42,43)47-35(9-3)32-39(4,5)6)46-38(41)31-29-27-25-23-21-19-17-15-13-11-8-2/h35-36H,7-34H2,1-6H3/t35?,36-/m1/s1. The van der Waals surface area contributed by atoms with Gasteiger partial charge in [-0.05, 0) is 19.3 Å². The van der Waals surface area contributed by atoms with Gasteiger partial charge in [0.2, 0.25) is 0 Å². The number of ether oxygens (including phenoxy) is 2. The van der Waals surface area contributed by atoms with E-state index in [9.17, 15) is 19.0 Å². The van der Waals surface area contributed by atoms with E-state index < -0.39 is 32.6 Å². The molecule has 0 bridgehead atoms. The van der Waals surface area contributed by atoms with E-state index >= 15 is 0 Å². The number of unbranched alkanes of at least 4 members (excludes halogenated alkanes) is 20. The highest BCUT2D eigenvalue weighted by Crippen LogP contribution is 2.41. The summed E-state index contributed by atoms with van der Waals surface area (Å²) in [5, 5.41) is 0. The third kappa shape index (κ3) is 32.2. The Morgan fingerprint density at radius 2 is 0.979 bits per heavy atom. The van der Waals surface area contributed by atoms with Crippen LogP contribution in [-0.2, 0) is 32.7 Å². The highest BCUT2D eigenvalue weighted by molar-refractivity contribution is 7.45. The van der Waals surface area contributed by atoms with Crippen LogP contribution in [0.3, 0.4) is 0 Å². The number of phosphoric acid groups is 1. The maximum atomic E-state index is 12.7. The lowest BCUT2D eigenvalue weighted by atomic mass is 10.1. The Labute approximate surface area is 295 Å². The zero-order chi connectivity index (χ0) is 35.9. The number of hydrogen-bond donors (Lipinski definition) is 0. The first kappa shape index (κ1) is 47.0. The van der Waals surface area contributed by atoms with Crippen LogP contribution in [0.4, 0.5) is 0 Å². The number of carbonyl (C=O) groups excluding carboxylic acids is 2. The average Bonchev–Trinajstić information content (AvgIpc) is 3.02. The van der Waals surface area contributed by atoms with Gasteiger partial charge in [0.15, 0.2) is 6.10 Å². The Hall–Kier alpha value is -0.990. The summed E-state index contributed by atoms with van der Waals surface area (Å²) in [6, 6.07) is 0. The molecule has 0 fully saturated rings. The summed E-state index contributed by atoms with van der Waals surface area (Å²) in [6.07, 6.45) is 25.5. The van der Waals surface area contributed by atoms with E-state index in [1.807, 2.05) is 28.1 Å². The van der Waals surface area contributed by atoms with Crippen molar-refractivity contribution in [3.63, 3.8) is 0 Å². The molecule has 0 amide bonds. The molecule has 0 rings (SSSR count). The zero-order valence-electron chi connectivity index (χ0n) is 32.1. The van der Waals surface area contributed by atoms with Gasteiger partial charge in [0.1, 0.15) is 19.3 Å². The van der Waals surface area contributed by atoms with Crippen LogP contribution in [0.2, 0.25) is 0 Å². The molecule has 0 saturated heterocycles. The van der Waals surface area contributed by atoms with Crippen molar-refractivity contribution in [2.45, 2.75) is 193 Å². The number of nitrogens with zero attached hydrogens (tertiary/aromatic N) is 1. The van der Waals surface area contributed by atoms with Gasteiger partial charge in [-0.2, -0.15) is 0 Å². The predicted octanol–water partition coefficient (Wildman–Crippen LogP) is 9.83. The number of phosphoric ester groups is 1. The van der Waals surface area contributed by atoms with Crippen LogP contribution in [0.1, 0.15) is 181 Å². The molecule has 0 aliphatic rings. The molecule has 0 aliphatic carbocycles. The van der Waals surface area contributed by atoms with E-state index in [1.54, 1.807) is 0 Å². The van der Waals surface area contributed by atoms with Gasteiger partial charge in [0, 0.05) is 12.8 Å². The van der Waals surface area contributed by atoms with Crippen molar-refractivity contribution in [2.75, 3.05) is 40.9 Å². The van der Waals surface area contributed by atoms with Crippen molar-refractivity contribution in [1.82, 2.24) is 0 Å². The van der Waals surface area contributed by atoms with Crippen molar-refractivity contribution < 1.29 is 42.1 Å². The monoisotopic (exact) mass is 706 g/mol. The SMILES string of the molecule is CCCCCCCCCCCCCC(=O)OC[C@H](COP(=O)([O-])OC(CC)C[N+](C)(C)C)OC(=O)CCCCCCCCCCCCC. The number of quaternary nitrogens is 1. The Morgan fingerprint density at radius 1 is 0.583 bits per heavy atom. The molecular formula is C38H76NO8P. The highest BCUT2D eigenvalue weighted by Gasteiger charge is 2.25. The smallest absolute Gasteiger partial charge is 0.306 e. The van der Waals surface area contributed by atoms with Crippen molar-refractivity contribution in [1.29, 1.82) is 0 Å². The van der Waals surface area contributed by atoms with Crippen molar-refractivity contribution in [2.24, 2.45) is 0 Å². The topological polar surface area (TPSA) is 111 Å². The molecular weight excluding hydrogens is 629 g/mol. The quantitative estimate of drug-likeness (QED) is 0.0277. The van der Waals surface area contributed by atoms with Gasteiger partial charge in [-0.15, -0.1) is 0 Å². The molecule has 0 heterocycles. The van der Waals surface area contributed by atoms with Crippen molar-refractivity contribution in [3.8, 4) is 0 Å². The summed E-state index contributed by atoms with van der Waals surface area (Å²) < 4.78 is 34.6. The first-order valence-electron chi connectivity index (χ1n) is 19.7. The summed E-state index contributed by atoms with van der Waals surface area (Å²) in [5.74, 6) is -0.827. The second-order valence-electron chi connectivity index (χ2n) is 14.7. The summed E-state index contributed by atoms with van der Waals surface area (Å²) in [4.78, 5) is 37.8. The minimum absolute atomic E-state index is 0.229. The summed E-state index contributed by atoms with van der Waals surface area (Å²) in [6.45, 7) is 6.09. The second kappa shape index (κ2) is 30.8. The van der Waals surface area contributed by atoms with Crippen LogP contribution in [0, 0.1) is 0 Å². The van der Waals surface area contributed by atoms with Crippen LogP contribution in [0.25, 0.3) is 0 Å². The van der Waals surface area contributed by atoms with Gasteiger partial charge in [-0.25, -0.2) is 0 Å². The normalized spacial score (nSPS) is 14.4. The van der Waals surface area contributed by atoms with Crippen LogP contribution in [0.5, 0.6) is 0 Å². The van der Waals surface area contributed by atoms with Crippen molar-refractivity contribution in [3.05, 3.63) is 0 Å². The minimum atomic E-state index is -4.68. The van der Waals surface area contributed by atoms with Crippen LogP contribution in [-0.4, -0.2) is 69.5 Å². The summed E-state index contributed by atoms with van der Waals surface area (Å²) in [7, 11) is 1.19. The van der Waals surface area contributed by atoms with Gasteiger partial charge in [-0.1, -0.05) is 149 Å². The molecule has 0 aromatic heterocycles. The van der Waals surface area contributed by atoms with E-state index in [0.717, 1.165) is 32.1 Å². The van der Waals surface area contributed by atoms with Gasteiger partial charge in [0.25, 0.3) is 7.82 Å². The molecule has 0 radical (unpaired) electrons. The maximum absolute atomic E-state index is 12.7. The lowest BCUT2D eigenvalue weighted by Crippen LogP contribution is -2.42. The lowest BCUT2D eigenvalue weighted by Gasteiger charge is -2.33. The fourth-order valence-corrected chi connectivity index (χ4v) is 6.71. The zero-order valence-corrected chi connectivity index (χ0v) is 33.0. The first-order chi connectivity index (χ1) is 22.9. The molecule has 48 heavy (non-hydrogen) atoms. The van der Waals surface area contributed by atoms with Crippen LogP contribution < -0.4 is 4.89 Å². The third-order valence-corrected chi connectivity index (χ3v) is 9.62. The predicted molar refractivity (Wildman–Crippen MR) is 195 cm³/mol. The Bertz CT molecular complexity index is 819. The average molecular weight is 706 g/mol. The fraction of sp³-hybridized carbons (Fsp3) is 0.947. The summed E-state index contributed by atoms with van der Waals surface area (Å²) in [5.41, 5.74) is 0. The highest BCUT2D eigenvalue weighted by atomic mass is 31.2. The molecule has 0 N–H and O–H groups in total. The molecule has 0 saturated carbocycles. The van der Waals surface area contributed by atoms with E-state index in [4.69, 9.17) is 18.5 Å². The van der Waals surface area contributed by atoms with Gasteiger partial charge < -0.3 is 27.9 Å². The number of rotatable bonds is 35. The number of carbonyl (C=O) groups is 2.